The Bertz CT molecular complexity index is 1210. The molecule has 10 heteroatoms. The Kier molecular flexibility index (Phi) is 5.68. The molecule has 0 unspecified atom stereocenters. The first-order valence-corrected chi connectivity index (χ1v) is 10.2. The van der Waals surface area contributed by atoms with Crippen molar-refractivity contribution in [1.82, 2.24) is 30.0 Å². The van der Waals surface area contributed by atoms with Crippen LogP contribution in [0.3, 0.4) is 0 Å². The molecule has 1 aliphatic rings. The molecule has 3 heterocycles. The van der Waals surface area contributed by atoms with Gasteiger partial charge in [-0.05, 0) is 24.6 Å². The molecular formula is C22H23FN6O3. The molecule has 0 radical (unpaired) electrons. The van der Waals surface area contributed by atoms with E-state index in [0.29, 0.717) is 16.7 Å². The van der Waals surface area contributed by atoms with Crippen molar-refractivity contribution in [1.29, 1.82) is 0 Å². The lowest BCUT2D eigenvalue weighted by atomic mass is 10.0. The van der Waals surface area contributed by atoms with Gasteiger partial charge < -0.3 is 10.2 Å². The maximum absolute atomic E-state index is 14.0. The van der Waals surface area contributed by atoms with E-state index in [1.165, 1.54) is 23.6 Å². The van der Waals surface area contributed by atoms with Gasteiger partial charge in [0.05, 0.1) is 12.1 Å². The zero-order valence-corrected chi connectivity index (χ0v) is 18.0. The quantitative estimate of drug-likeness (QED) is 0.607. The third kappa shape index (κ3) is 3.95. The van der Waals surface area contributed by atoms with E-state index in [0.717, 1.165) is 11.1 Å². The molecule has 1 N–H and O–H groups in total. The molecule has 0 aliphatic carbocycles. The second-order valence-corrected chi connectivity index (χ2v) is 7.82. The number of ketones is 1. The van der Waals surface area contributed by atoms with Crippen LogP contribution in [0.15, 0.2) is 30.6 Å². The number of likely N-dealkylation sites (tertiary alicyclic amines) is 1. The summed E-state index contributed by atoms with van der Waals surface area (Å²) in [7, 11) is 1.45. The number of Topliss-reactive ketones (excluding diaryl/α,β-unsaturated/α-hetero) is 1. The topological polar surface area (TPSA) is 110 Å². The number of amides is 2. The highest BCUT2D eigenvalue weighted by molar-refractivity contribution is 6.06. The highest BCUT2D eigenvalue weighted by Crippen LogP contribution is 2.27. The first kappa shape index (κ1) is 21.5. The van der Waals surface area contributed by atoms with Crippen LogP contribution >= 0.6 is 0 Å². The summed E-state index contributed by atoms with van der Waals surface area (Å²) in [6, 6.07) is 4.57. The summed E-state index contributed by atoms with van der Waals surface area (Å²) >= 11 is 0. The number of halogens is 1. The second kappa shape index (κ2) is 8.45. The molecule has 166 valence electrons. The number of hydrogen-bond acceptors (Lipinski definition) is 6. The monoisotopic (exact) mass is 438 g/mol. The minimum Gasteiger partial charge on any atom is -0.357 e. The van der Waals surface area contributed by atoms with Crippen LogP contribution in [0.4, 0.5) is 4.39 Å². The molecule has 32 heavy (non-hydrogen) atoms. The third-order valence-electron chi connectivity index (χ3n) is 5.60. The fourth-order valence-corrected chi connectivity index (χ4v) is 3.98. The Morgan fingerprint density at radius 2 is 1.91 bits per heavy atom. The normalized spacial score (nSPS) is 18.2. The molecule has 1 aromatic carbocycles. The van der Waals surface area contributed by atoms with Crippen LogP contribution in [0.2, 0.25) is 0 Å². The van der Waals surface area contributed by atoms with Crippen molar-refractivity contribution in [3.05, 3.63) is 42.1 Å². The Labute approximate surface area is 183 Å². The van der Waals surface area contributed by atoms with Gasteiger partial charge in [-0.3, -0.25) is 19.1 Å². The van der Waals surface area contributed by atoms with Gasteiger partial charge in [0.15, 0.2) is 5.78 Å². The standard InChI is InChI=1S/C22H23FN6O3/c1-12(30)21-17-6-14(15-8-25-13(2)26-9-15)4-5-18(17)29(27-21)11-20(31)28-10-16(23)7-19(28)22(32)24-3/h4-6,8-9,16,19H,7,10-11H2,1-3H3,(H,24,32)/t16-,19+/m1/s1. The first-order valence-electron chi connectivity index (χ1n) is 10.2. The van der Waals surface area contributed by atoms with Crippen LogP contribution in [-0.2, 0) is 16.1 Å². The Morgan fingerprint density at radius 1 is 1.19 bits per heavy atom. The van der Waals surface area contributed by atoms with Gasteiger partial charge in [0, 0.05) is 43.7 Å². The van der Waals surface area contributed by atoms with E-state index in [9.17, 15) is 18.8 Å². The van der Waals surface area contributed by atoms with E-state index in [2.05, 4.69) is 20.4 Å². The zero-order valence-electron chi connectivity index (χ0n) is 18.0. The summed E-state index contributed by atoms with van der Waals surface area (Å²) in [6.45, 7) is 2.84. The number of aromatic nitrogens is 4. The smallest absolute Gasteiger partial charge is 0.245 e. The Balaban J connectivity index is 1.68. The van der Waals surface area contributed by atoms with Gasteiger partial charge in [0.25, 0.3) is 0 Å². The van der Waals surface area contributed by atoms with E-state index in [4.69, 9.17) is 0 Å². The Hall–Kier alpha value is -3.69. The maximum Gasteiger partial charge on any atom is 0.245 e. The lowest BCUT2D eigenvalue weighted by Gasteiger charge is -2.23. The molecule has 1 fully saturated rings. The SMILES string of the molecule is CNC(=O)[C@@H]1C[C@@H](F)CN1C(=O)Cn1nc(C(C)=O)c2cc(-c3cnc(C)nc3)ccc21. The van der Waals surface area contributed by atoms with Crippen LogP contribution in [0.1, 0.15) is 29.7 Å². The molecule has 0 bridgehead atoms. The number of carbonyl (C=O) groups excluding carboxylic acids is 3. The number of hydrogen-bond donors (Lipinski definition) is 1. The largest absolute Gasteiger partial charge is 0.357 e. The molecular weight excluding hydrogens is 415 g/mol. The van der Waals surface area contributed by atoms with Gasteiger partial charge in [0.2, 0.25) is 11.8 Å². The van der Waals surface area contributed by atoms with Gasteiger partial charge in [-0.25, -0.2) is 14.4 Å². The summed E-state index contributed by atoms with van der Waals surface area (Å²) in [4.78, 5) is 46.9. The summed E-state index contributed by atoms with van der Waals surface area (Å²) in [5.41, 5.74) is 2.42. The van der Waals surface area contributed by atoms with Crippen molar-refractivity contribution in [2.45, 2.75) is 39.0 Å². The zero-order chi connectivity index (χ0) is 23.0. The minimum absolute atomic E-state index is 0.0358. The van der Waals surface area contributed by atoms with Crippen LogP contribution in [0.25, 0.3) is 22.0 Å². The van der Waals surface area contributed by atoms with E-state index in [1.54, 1.807) is 25.4 Å². The molecule has 9 nitrogen and oxygen atoms in total. The van der Waals surface area contributed by atoms with Crippen LogP contribution in [0, 0.1) is 6.92 Å². The fraction of sp³-hybridized carbons (Fsp3) is 0.364. The van der Waals surface area contributed by atoms with Crippen molar-refractivity contribution < 1.29 is 18.8 Å². The molecule has 2 aromatic heterocycles. The summed E-state index contributed by atoms with van der Waals surface area (Å²) < 4.78 is 15.4. The average Bonchev–Trinajstić information content (AvgIpc) is 3.34. The van der Waals surface area contributed by atoms with Crippen LogP contribution in [-0.4, -0.2) is 68.1 Å². The van der Waals surface area contributed by atoms with E-state index < -0.39 is 24.0 Å². The molecule has 4 rings (SSSR count). The van der Waals surface area contributed by atoms with E-state index >= 15 is 0 Å². The first-order chi connectivity index (χ1) is 15.3. The molecule has 1 saturated heterocycles. The van der Waals surface area contributed by atoms with Crippen LogP contribution in [0.5, 0.6) is 0 Å². The average molecular weight is 438 g/mol. The summed E-state index contributed by atoms with van der Waals surface area (Å²) in [5.74, 6) is -0.433. The molecule has 2 atom stereocenters. The Morgan fingerprint density at radius 3 is 2.56 bits per heavy atom. The number of benzene rings is 1. The molecule has 1 aliphatic heterocycles. The lowest BCUT2D eigenvalue weighted by molar-refractivity contribution is -0.138. The van der Waals surface area contributed by atoms with Crippen LogP contribution < -0.4 is 5.32 Å². The lowest BCUT2D eigenvalue weighted by Crippen LogP contribution is -2.46. The highest BCUT2D eigenvalue weighted by atomic mass is 19.1. The summed E-state index contributed by atoms with van der Waals surface area (Å²) in [6.07, 6.45) is 2.10. The van der Waals surface area contributed by atoms with Gasteiger partial charge >= 0.3 is 0 Å². The number of alkyl halides is 1. The number of rotatable bonds is 5. The van der Waals surface area contributed by atoms with Crippen molar-refractivity contribution in [2.75, 3.05) is 13.6 Å². The van der Waals surface area contributed by atoms with Gasteiger partial charge in [-0.2, -0.15) is 5.10 Å². The predicted molar refractivity (Wildman–Crippen MR) is 115 cm³/mol. The second-order valence-electron chi connectivity index (χ2n) is 7.82. The molecule has 3 aromatic rings. The van der Waals surface area contributed by atoms with Gasteiger partial charge in [0.1, 0.15) is 30.3 Å². The molecule has 0 spiro atoms. The van der Waals surface area contributed by atoms with Crippen molar-refractivity contribution >= 4 is 28.5 Å². The molecule has 0 saturated carbocycles. The maximum atomic E-state index is 14.0. The predicted octanol–water partition coefficient (Wildman–Crippen LogP) is 1.69. The molecule has 2 amide bonds. The minimum atomic E-state index is -1.26. The van der Waals surface area contributed by atoms with E-state index in [1.807, 2.05) is 12.1 Å². The number of aryl methyl sites for hydroxylation is 1. The highest BCUT2D eigenvalue weighted by Gasteiger charge is 2.39. The fourth-order valence-electron chi connectivity index (χ4n) is 3.98. The van der Waals surface area contributed by atoms with Gasteiger partial charge in [-0.15, -0.1) is 0 Å². The number of fused-ring (bicyclic) bond motifs is 1. The number of likely N-dealkylation sites (N-methyl/N-ethyl adjacent to an activating group) is 1. The number of nitrogens with zero attached hydrogens (tertiary/aromatic N) is 5. The van der Waals surface area contributed by atoms with Crippen molar-refractivity contribution in [3.63, 3.8) is 0 Å². The van der Waals surface area contributed by atoms with Gasteiger partial charge in [-0.1, -0.05) is 6.07 Å². The summed E-state index contributed by atoms with van der Waals surface area (Å²) in [5, 5.41) is 7.42. The van der Waals surface area contributed by atoms with Crippen molar-refractivity contribution in [3.8, 4) is 11.1 Å². The third-order valence-corrected chi connectivity index (χ3v) is 5.60. The number of nitrogens with one attached hydrogen (secondary N) is 1. The van der Waals surface area contributed by atoms with Crippen molar-refractivity contribution in [2.24, 2.45) is 0 Å². The van der Waals surface area contributed by atoms with E-state index in [-0.39, 0.29) is 31.0 Å². The number of carbonyl (C=O) groups is 3.